The first-order chi connectivity index (χ1) is 11.1. The second-order valence-corrected chi connectivity index (χ2v) is 6.09. The fourth-order valence-corrected chi connectivity index (χ4v) is 2.46. The molecule has 0 unspecified atom stereocenters. The van der Waals surface area contributed by atoms with E-state index in [2.05, 4.69) is 10.6 Å². The molecule has 0 aromatic heterocycles. The SMILES string of the molecule is O=C(CCNCCc1ccc(Cl)cc1)NCc1ccccc1Cl. The number of benzene rings is 2. The summed E-state index contributed by atoms with van der Waals surface area (Å²) >= 11 is 11.9. The van der Waals surface area contributed by atoms with Crippen molar-refractivity contribution in [2.45, 2.75) is 19.4 Å². The molecule has 0 heterocycles. The maximum absolute atomic E-state index is 11.8. The monoisotopic (exact) mass is 350 g/mol. The standard InChI is InChI=1S/C18H20Cl2N2O/c19-16-7-5-14(6-8-16)9-11-21-12-10-18(23)22-13-15-3-1-2-4-17(15)20/h1-8,21H,9-13H2,(H,22,23). The summed E-state index contributed by atoms with van der Waals surface area (Å²) in [5.74, 6) is 0.0175. The molecule has 0 saturated heterocycles. The highest BCUT2D eigenvalue weighted by Crippen LogP contribution is 2.14. The second kappa shape index (κ2) is 9.56. The van der Waals surface area contributed by atoms with Crippen LogP contribution in [0.4, 0.5) is 0 Å². The molecule has 0 radical (unpaired) electrons. The minimum Gasteiger partial charge on any atom is -0.352 e. The van der Waals surface area contributed by atoms with Gasteiger partial charge in [-0.05, 0) is 42.3 Å². The largest absolute Gasteiger partial charge is 0.352 e. The van der Waals surface area contributed by atoms with Crippen LogP contribution in [0.3, 0.4) is 0 Å². The van der Waals surface area contributed by atoms with Crippen LogP contribution >= 0.6 is 23.2 Å². The van der Waals surface area contributed by atoms with Gasteiger partial charge >= 0.3 is 0 Å². The normalized spacial score (nSPS) is 10.5. The zero-order valence-corrected chi connectivity index (χ0v) is 14.3. The van der Waals surface area contributed by atoms with Crippen LogP contribution in [0.2, 0.25) is 10.0 Å². The van der Waals surface area contributed by atoms with Gasteiger partial charge in [0.1, 0.15) is 0 Å². The summed E-state index contributed by atoms with van der Waals surface area (Å²) in [5.41, 5.74) is 2.16. The maximum atomic E-state index is 11.8. The molecule has 0 saturated carbocycles. The molecule has 0 aliphatic heterocycles. The lowest BCUT2D eigenvalue weighted by atomic mass is 10.1. The predicted molar refractivity (Wildman–Crippen MR) is 95.9 cm³/mol. The second-order valence-electron chi connectivity index (χ2n) is 5.24. The highest BCUT2D eigenvalue weighted by atomic mass is 35.5. The van der Waals surface area contributed by atoms with Gasteiger partial charge in [0.25, 0.3) is 0 Å². The van der Waals surface area contributed by atoms with Crippen LogP contribution in [0, 0.1) is 0 Å². The fraction of sp³-hybridized carbons (Fsp3) is 0.278. The first-order valence-electron chi connectivity index (χ1n) is 7.60. The van der Waals surface area contributed by atoms with Gasteiger partial charge in [0.05, 0.1) is 0 Å². The lowest BCUT2D eigenvalue weighted by Crippen LogP contribution is -2.28. The van der Waals surface area contributed by atoms with Crippen molar-refractivity contribution >= 4 is 29.1 Å². The smallest absolute Gasteiger partial charge is 0.221 e. The Labute approximate surface area is 147 Å². The molecule has 23 heavy (non-hydrogen) atoms. The predicted octanol–water partition coefficient (Wildman–Crippen LogP) is 3.83. The van der Waals surface area contributed by atoms with Crippen molar-refractivity contribution in [2.24, 2.45) is 0 Å². The number of halogens is 2. The number of hydrogen-bond donors (Lipinski definition) is 2. The van der Waals surface area contributed by atoms with E-state index in [-0.39, 0.29) is 5.91 Å². The van der Waals surface area contributed by atoms with Gasteiger partial charge in [-0.1, -0.05) is 53.5 Å². The molecule has 1 amide bonds. The van der Waals surface area contributed by atoms with Gasteiger partial charge in [-0.2, -0.15) is 0 Å². The van der Waals surface area contributed by atoms with Crippen molar-refractivity contribution in [3.63, 3.8) is 0 Å². The molecule has 0 atom stereocenters. The van der Waals surface area contributed by atoms with Gasteiger partial charge in [0.15, 0.2) is 0 Å². The van der Waals surface area contributed by atoms with Gasteiger partial charge in [0, 0.05) is 29.6 Å². The Morgan fingerprint density at radius 2 is 1.70 bits per heavy atom. The van der Waals surface area contributed by atoms with Crippen molar-refractivity contribution in [1.82, 2.24) is 10.6 Å². The number of carbonyl (C=O) groups excluding carboxylic acids is 1. The van der Waals surface area contributed by atoms with Crippen LogP contribution in [0.5, 0.6) is 0 Å². The quantitative estimate of drug-likeness (QED) is 0.710. The Hall–Kier alpha value is -1.55. The molecule has 2 rings (SSSR count). The third-order valence-corrected chi connectivity index (χ3v) is 4.09. The van der Waals surface area contributed by atoms with Gasteiger partial charge < -0.3 is 10.6 Å². The van der Waals surface area contributed by atoms with Crippen LogP contribution in [0.25, 0.3) is 0 Å². The molecule has 3 nitrogen and oxygen atoms in total. The minimum atomic E-state index is 0.0175. The summed E-state index contributed by atoms with van der Waals surface area (Å²) in [5, 5.41) is 7.57. The first-order valence-corrected chi connectivity index (χ1v) is 8.36. The topological polar surface area (TPSA) is 41.1 Å². The van der Waals surface area contributed by atoms with Crippen LogP contribution in [0.1, 0.15) is 17.5 Å². The summed E-state index contributed by atoms with van der Waals surface area (Å²) in [6.45, 7) is 1.95. The molecule has 0 aliphatic rings. The third-order valence-electron chi connectivity index (χ3n) is 3.47. The van der Waals surface area contributed by atoms with Crippen molar-refractivity contribution in [3.8, 4) is 0 Å². The Bertz CT molecular complexity index is 629. The summed E-state index contributed by atoms with van der Waals surface area (Å²) in [4.78, 5) is 11.8. The molecule has 5 heteroatoms. The van der Waals surface area contributed by atoms with Gasteiger partial charge in [-0.3, -0.25) is 4.79 Å². The van der Waals surface area contributed by atoms with Gasteiger partial charge in [-0.25, -0.2) is 0 Å². The zero-order valence-electron chi connectivity index (χ0n) is 12.8. The van der Waals surface area contributed by atoms with E-state index in [1.54, 1.807) is 0 Å². The number of nitrogens with one attached hydrogen (secondary N) is 2. The number of carbonyl (C=O) groups is 1. The van der Waals surface area contributed by atoms with Crippen LogP contribution in [-0.4, -0.2) is 19.0 Å². The highest BCUT2D eigenvalue weighted by molar-refractivity contribution is 6.31. The fourth-order valence-electron chi connectivity index (χ4n) is 2.13. The highest BCUT2D eigenvalue weighted by Gasteiger charge is 2.03. The van der Waals surface area contributed by atoms with E-state index < -0.39 is 0 Å². The average Bonchev–Trinajstić information content (AvgIpc) is 2.55. The van der Waals surface area contributed by atoms with Crippen molar-refractivity contribution in [1.29, 1.82) is 0 Å². The molecule has 0 fully saturated rings. The Kier molecular flexibility index (Phi) is 7.40. The number of rotatable bonds is 8. The van der Waals surface area contributed by atoms with Gasteiger partial charge in [0.2, 0.25) is 5.91 Å². The average molecular weight is 351 g/mol. The summed E-state index contributed by atoms with van der Waals surface area (Å²) in [6, 6.07) is 15.3. The van der Waals surface area contributed by atoms with E-state index in [1.807, 2.05) is 48.5 Å². The molecule has 122 valence electrons. The minimum absolute atomic E-state index is 0.0175. The Morgan fingerprint density at radius 1 is 0.957 bits per heavy atom. The Balaban J connectivity index is 1.58. The van der Waals surface area contributed by atoms with Crippen molar-refractivity contribution < 1.29 is 4.79 Å². The van der Waals surface area contributed by atoms with Crippen molar-refractivity contribution in [3.05, 3.63) is 69.7 Å². The molecular weight excluding hydrogens is 331 g/mol. The molecule has 2 aromatic rings. The maximum Gasteiger partial charge on any atom is 0.221 e. The van der Waals surface area contributed by atoms with E-state index in [4.69, 9.17) is 23.2 Å². The third kappa shape index (κ3) is 6.61. The lowest BCUT2D eigenvalue weighted by molar-refractivity contribution is -0.121. The lowest BCUT2D eigenvalue weighted by Gasteiger charge is -2.08. The van der Waals surface area contributed by atoms with Crippen LogP contribution in [-0.2, 0) is 17.8 Å². The molecular formula is C18H20Cl2N2O. The summed E-state index contributed by atoms with van der Waals surface area (Å²) in [6.07, 6.45) is 1.36. The summed E-state index contributed by atoms with van der Waals surface area (Å²) < 4.78 is 0. The van der Waals surface area contributed by atoms with E-state index >= 15 is 0 Å². The Morgan fingerprint density at radius 3 is 2.43 bits per heavy atom. The zero-order chi connectivity index (χ0) is 16.5. The summed E-state index contributed by atoms with van der Waals surface area (Å²) in [7, 11) is 0. The van der Waals surface area contributed by atoms with Gasteiger partial charge in [-0.15, -0.1) is 0 Å². The van der Waals surface area contributed by atoms with E-state index in [0.29, 0.717) is 24.5 Å². The van der Waals surface area contributed by atoms with E-state index in [1.165, 1.54) is 5.56 Å². The molecule has 0 aliphatic carbocycles. The first kappa shape index (κ1) is 17.8. The number of hydrogen-bond acceptors (Lipinski definition) is 2. The van der Waals surface area contributed by atoms with Crippen LogP contribution < -0.4 is 10.6 Å². The van der Waals surface area contributed by atoms with Crippen molar-refractivity contribution in [2.75, 3.05) is 13.1 Å². The molecule has 2 aromatic carbocycles. The van der Waals surface area contributed by atoms with Crippen LogP contribution in [0.15, 0.2) is 48.5 Å². The molecule has 2 N–H and O–H groups in total. The molecule has 0 spiro atoms. The van der Waals surface area contributed by atoms with E-state index in [0.717, 1.165) is 23.6 Å². The molecule has 0 bridgehead atoms. The van der Waals surface area contributed by atoms with E-state index in [9.17, 15) is 4.79 Å². The number of amides is 1.